The summed E-state index contributed by atoms with van der Waals surface area (Å²) in [5, 5.41) is 0.635. The van der Waals surface area contributed by atoms with Gasteiger partial charge in [-0.3, -0.25) is 0 Å². The Hall–Kier alpha value is -1.45. The molecule has 0 saturated carbocycles. The standard InChI is InChI=1S/C14H16ClNO2/c1-2-12(16)14(13-7-4-8-17-13)18-11-6-3-5-10(15)9-11/h3-9,12,14H,2,16H2,1H3. The normalized spacial score (nSPS) is 14.2. The fraction of sp³-hybridized carbons (Fsp3) is 0.286. The highest BCUT2D eigenvalue weighted by Crippen LogP contribution is 2.27. The predicted octanol–water partition coefficient (Wildman–Crippen LogP) is 3.79. The van der Waals surface area contributed by atoms with Gasteiger partial charge in [-0.15, -0.1) is 0 Å². The van der Waals surface area contributed by atoms with Gasteiger partial charge in [-0.25, -0.2) is 0 Å². The van der Waals surface area contributed by atoms with Crippen LogP contribution in [-0.4, -0.2) is 6.04 Å². The quantitative estimate of drug-likeness (QED) is 0.895. The molecule has 0 aliphatic heterocycles. The molecule has 0 radical (unpaired) electrons. The van der Waals surface area contributed by atoms with Gasteiger partial charge in [0.1, 0.15) is 11.5 Å². The van der Waals surface area contributed by atoms with Gasteiger partial charge in [0.05, 0.1) is 6.26 Å². The molecule has 18 heavy (non-hydrogen) atoms. The zero-order valence-electron chi connectivity index (χ0n) is 10.2. The molecule has 1 aromatic carbocycles. The van der Waals surface area contributed by atoms with Gasteiger partial charge in [-0.2, -0.15) is 0 Å². The molecule has 0 amide bonds. The minimum atomic E-state index is -0.302. The number of halogens is 1. The van der Waals surface area contributed by atoms with Crippen LogP contribution >= 0.6 is 11.6 Å². The Balaban J connectivity index is 2.20. The third-order valence-corrected chi connectivity index (χ3v) is 2.98. The van der Waals surface area contributed by atoms with E-state index in [9.17, 15) is 0 Å². The van der Waals surface area contributed by atoms with Crippen LogP contribution in [0.15, 0.2) is 47.1 Å². The summed E-state index contributed by atoms with van der Waals surface area (Å²) in [6, 6.07) is 10.8. The second kappa shape index (κ2) is 5.94. The van der Waals surface area contributed by atoms with E-state index >= 15 is 0 Å². The molecule has 2 rings (SSSR count). The summed E-state index contributed by atoms with van der Waals surface area (Å²) in [6.45, 7) is 2.02. The Morgan fingerprint density at radius 1 is 1.33 bits per heavy atom. The van der Waals surface area contributed by atoms with Crippen LogP contribution < -0.4 is 10.5 Å². The van der Waals surface area contributed by atoms with Gasteiger partial charge in [-0.1, -0.05) is 24.6 Å². The van der Waals surface area contributed by atoms with E-state index in [0.29, 0.717) is 10.8 Å². The van der Waals surface area contributed by atoms with Crippen molar-refractivity contribution in [3.05, 3.63) is 53.4 Å². The molecule has 0 aliphatic rings. The molecule has 0 saturated heterocycles. The van der Waals surface area contributed by atoms with E-state index in [2.05, 4.69) is 0 Å². The van der Waals surface area contributed by atoms with Gasteiger partial charge in [0.2, 0.25) is 0 Å². The van der Waals surface area contributed by atoms with Crippen molar-refractivity contribution in [3.8, 4) is 5.75 Å². The van der Waals surface area contributed by atoms with Gasteiger partial charge in [0.25, 0.3) is 0 Å². The third kappa shape index (κ3) is 3.06. The first-order valence-corrected chi connectivity index (χ1v) is 6.29. The second-order valence-corrected chi connectivity index (χ2v) is 4.52. The molecule has 1 heterocycles. The fourth-order valence-corrected chi connectivity index (χ4v) is 1.89. The van der Waals surface area contributed by atoms with Crippen molar-refractivity contribution in [2.75, 3.05) is 0 Å². The summed E-state index contributed by atoms with van der Waals surface area (Å²) in [5.41, 5.74) is 6.08. The SMILES string of the molecule is CCC(N)C(Oc1cccc(Cl)c1)c1ccco1. The Labute approximate surface area is 111 Å². The van der Waals surface area contributed by atoms with Crippen LogP contribution in [-0.2, 0) is 0 Å². The molecule has 3 nitrogen and oxygen atoms in total. The number of furan rings is 1. The van der Waals surface area contributed by atoms with Crippen molar-refractivity contribution >= 4 is 11.6 Å². The molecule has 2 aromatic rings. The van der Waals surface area contributed by atoms with E-state index in [-0.39, 0.29) is 12.1 Å². The predicted molar refractivity (Wildman–Crippen MR) is 71.8 cm³/mol. The molecule has 4 heteroatoms. The van der Waals surface area contributed by atoms with Crippen LogP contribution in [0.2, 0.25) is 5.02 Å². The molecular formula is C14H16ClNO2. The average molecular weight is 266 g/mol. The van der Waals surface area contributed by atoms with Crippen LogP contribution in [0.25, 0.3) is 0 Å². The lowest BCUT2D eigenvalue weighted by Crippen LogP contribution is -2.31. The third-order valence-electron chi connectivity index (χ3n) is 2.74. The first-order valence-electron chi connectivity index (χ1n) is 5.92. The maximum Gasteiger partial charge on any atom is 0.171 e. The molecular weight excluding hydrogens is 250 g/mol. The van der Waals surface area contributed by atoms with Crippen molar-refractivity contribution in [1.29, 1.82) is 0 Å². The second-order valence-electron chi connectivity index (χ2n) is 4.08. The topological polar surface area (TPSA) is 48.4 Å². The van der Waals surface area contributed by atoms with Gasteiger partial charge in [0.15, 0.2) is 6.10 Å². The van der Waals surface area contributed by atoms with Crippen molar-refractivity contribution < 1.29 is 9.15 Å². The zero-order valence-corrected chi connectivity index (χ0v) is 10.9. The summed E-state index contributed by atoms with van der Waals surface area (Å²) in [5.74, 6) is 1.41. The lowest BCUT2D eigenvalue weighted by molar-refractivity contribution is 0.145. The number of rotatable bonds is 5. The highest BCUT2D eigenvalue weighted by Gasteiger charge is 2.23. The van der Waals surface area contributed by atoms with Crippen LogP contribution in [0.3, 0.4) is 0 Å². The Bertz CT molecular complexity index is 484. The number of hydrogen-bond donors (Lipinski definition) is 1. The van der Waals surface area contributed by atoms with Crippen LogP contribution in [0.4, 0.5) is 0 Å². The van der Waals surface area contributed by atoms with Crippen molar-refractivity contribution in [3.63, 3.8) is 0 Å². The minimum Gasteiger partial charge on any atom is -0.481 e. The van der Waals surface area contributed by atoms with E-state index in [0.717, 1.165) is 12.2 Å². The zero-order chi connectivity index (χ0) is 13.0. The summed E-state index contributed by atoms with van der Waals surface area (Å²) < 4.78 is 11.3. The summed E-state index contributed by atoms with van der Waals surface area (Å²) in [4.78, 5) is 0. The monoisotopic (exact) mass is 265 g/mol. The maximum atomic E-state index is 6.08. The fourth-order valence-electron chi connectivity index (χ4n) is 1.71. The largest absolute Gasteiger partial charge is 0.481 e. The van der Waals surface area contributed by atoms with E-state index in [1.54, 1.807) is 18.4 Å². The first kappa shape index (κ1) is 13.0. The molecule has 96 valence electrons. The van der Waals surface area contributed by atoms with Gasteiger partial charge < -0.3 is 14.9 Å². The molecule has 0 fully saturated rings. The summed E-state index contributed by atoms with van der Waals surface area (Å²) in [6.07, 6.45) is 2.11. The highest BCUT2D eigenvalue weighted by atomic mass is 35.5. The Morgan fingerprint density at radius 3 is 2.78 bits per heavy atom. The molecule has 2 N–H and O–H groups in total. The smallest absolute Gasteiger partial charge is 0.171 e. The molecule has 0 bridgehead atoms. The number of hydrogen-bond acceptors (Lipinski definition) is 3. The molecule has 1 aromatic heterocycles. The number of nitrogens with two attached hydrogens (primary N) is 1. The lowest BCUT2D eigenvalue weighted by Gasteiger charge is -2.22. The van der Waals surface area contributed by atoms with E-state index in [1.807, 2.05) is 31.2 Å². The van der Waals surface area contributed by atoms with Crippen molar-refractivity contribution in [2.45, 2.75) is 25.5 Å². The van der Waals surface area contributed by atoms with Crippen LogP contribution in [0, 0.1) is 0 Å². The van der Waals surface area contributed by atoms with E-state index in [4.69, 9.17) is 26.5 Å². The molecule has 0 spiro atoms. The molecule has 0 aliphatic carbocycles. The minimum absolute atomic E-state index is 0.130. The van der Waals surface area contributed by atoms with E-state index in [1.165, 1.54) is 0 Å². The van der Waals surface area contributed by atoms with Gasteiger partial charge in [-0.05, 0) is 36.8 Å². The Kier molecular flexibility index (Phi) is 4.28. The maximum absolute atomic E-state index is 6.08. The summed E-state index contributed by atoms with van der Waals surface area (Å²) >= 11 is 5.93. The van der Waals surface area contributed by atoms with Gasteiger partial charge >= 0.3 is 0 Å². The van der Waals surface area contributed by atoms with Crippen LogP contribution in [0.5, 0.6) is 5.75 Å². The highest BCUT2D eigenvalue weighted by molar-refractivity contribution is 6.30. The van der Waals surface area contributed by atoms with Crippen molar-refractivity contribution in [2.24, 2.45) is 5.73 Å². The van der Waals surface area contributed by atoms with Crippen LogP contribution in [0.1, 0.15) is 25.2 Å². The van der Waals surface area contributed by atoms with Gasteiger partial charge in [0, 0.05) is 11.1 Å². The van der Waals surface area contributed by atoms with Crippen molar-refractivity contribution in [1.82, 2.24) is 0 Å². The average Bonchev–Trinajstić information content (AvgIpc) is 2.89. The Morgan fingerprint density at radius 2 is 2.17 bits per heavy atom. The lowest BCUT2D eigenvalue weighted by atomic mass is 10.1. The number of benzene rings is 1. The number of ether oxygens (including phenoxy) is 1. The molecule has 2 atom stereocenters. The van der Waals surface area contributed by atoms with E-state index < -0.39 is 0 Å². The summed E-state index contributed by atoms with van der Waals surface area (Å²) in [7, 11) is 0. The molecule has 2 unspecified atom stereocenters. The first-order chi connectivity index (χ1) is 8.70.